The van der Waals surface area contributed by atoms with Gasteiger partial charge in [0.25, 0.3) is 0 Å². The van der Waals surface area contributed by atoms with E-state index in [-0.39, 0.29) is 24.0 Å². The standard InChI is InChI=1S/C22H25N5O2S/c1-4-27-19(13-20(28)23-17-11-7-5-9-15(17)2)25-26-22(27)30-14-21(29)24-18-12-8-6-10-16(18)3/h5-12H,4,13-14H2,1-3H3,(H,23,28)(H,24,29). The summed E-state index contributed by atoms with van der Waals surface area (Å²) in [6.45, 7) is 6.47. The number of rotatable bonds is 8. The van der Waals surface area contributed by atoms with Crippen molar-refractivity contribution < 1.29 is 9.59 Å². The van der Waals surface area contributed by atoms with E-state index >= 15 is 0 Å². The average molecular weight is 424 g/mol. The Morgan fingerprint density at radius 2 is 1.47 bits per heavy atom. The number of carbonyl (C=O) groups is 2. The van der Waals surface area contributed by atoms with Gasteiger partial charge >= 0.3 is 0 Å². The molecule has 2 aromatic carbocycles. The van der Waals surface area contributed by atoms with Gasteiger partial charge in [0, 0.05) is 17.9 Å². The molecular weight excluding hydrogens is 398 g/mol. The lowest BCUT2D eigenvalue weighted by Gasteiger charge is -2.10. The first kappa shape index (κ1) is 21.6. The van der Waals surface area contributed by atoms with Gasteiger partial charge in [0.1, 0.15) is 5.82 Å². The Morgan fingerprint density at radius 3 is 2.03 bits per heavy atom. The lowest BCUT2D eigenvalue weighted by Crippen LogP contribution is -2.18. The number of aromatic nitrogens is 3. The van der Waals surface area contributed by atoms with E-state index in [9.17, 15) is 9.59 Å². The SMILES string of the molecule is CCn1c(CC(=O)Nc2ccccc2C)nnc1SCC(=O)Nc1ccccc1C. The molecule has 1 aromatic heterocycles. The van der Waals surface area contributed by atoms with E-state index in [0.717, 1.165) is 22.5 Å². The zero-order valence-electron chi connectivity index (χ0n) is 17.3. The molecule has 156 valence electrons. The van der Waals surface area contributed by atoms with Crippen LogP contribution in [0.25, 0.3) is 0 Å². The number of hydrogen-bond acceptors (Lipinski definition) is 5. The largest absolute Gasteiger partial charge is 0.325 e. The first-order valence-electron chi connectivity index (χ1n) is 9.73. The van der Waals surface area contributed by atoms with Gasteiger partial charge in [-0.2, -0.15) is 0 Å². The molecule has 2 N–H and O–H groups in total. The molecule has 0 aliphatic rings. The van der Waals surface area contributed by atoms with Crippen LogP contribution in [0, 0.1) is 13.8 Å². The highest BCUT2D eigenvalue weighted by atomic mass is 32.2. The lowest BCUT2D eigenvalue weighted by molar-refractivity contribution is -0.116. The van der Waals surface area contributed by atoms with Gasteiger partial charge in [-0.1, -0.05) is 48.2 Å². The fourth-order valence-corrected chi connectivity index (χ4v) is 3.78. The van der Waals surface area contributed by atoms with Crippen LogP contribution >= 0.6 is 11.8 Å². The summed E-state index contributed by atoms with van der Waals surface area (Å²) in [5, 5.41) is 14.8. The third-order valence-corrected chi connectivity index (χ3v) is 5.57. The minimum absolute atomic E-state index is 0.112. The molecule has 0 spiro atoms. The lowest BCUT2D eigenvalue weighted by atomic mass is 10.2. The highest BCUT2D eigenvalue weighted by Crippen LogP contribution is 2.20. The van der Waals surface area contributed by atoms with Crippen molar-refractivity contribution >= 4 is 35.0 Å². The predicted octanol–water partition coefficient (Wildman–Crippen LogP) is 3.83. The molecule has 3 aromatic rings. The van der Waals surface area contributed by atoms with Crippen LogP contribution in [-0.4, -0.2) is 32.3 Å². The smallest absolute Gasteiger partial charge is 0.234 e. The van der Waals surface area contributed by atoms with E-state index in [1.165, 1.54) is 11.8 Å². The molecule has 0 atom stereocenters. The number of nitrogens with one attached hydrogen (secondary N) is 2. The van der Waals surface area contributed by atoms with Gasteiger partial charge in [-0.25, -0.2) is 0 Å². The summed E-state index contributed by atoms with van der Waals surface area (Å²) in [5.41, 5.74) is 3.59. The van der Waals surface area contributed by atoms with Gasteiger partial charge in [-0.15, -0.1) is 10.2 Å². The molecule has 8 heteroatoms. The van der Waals surface area contributed by atoms with Crippen LogP contribution in [-0.2, 0) is 22.6 Å². The van der Waals surface area contributed by atoms with Gasteiger partial charge in [-0.3, -0.25) is 9.59 Å². The number of carbonyl (C=O) groups excluding carboxylic acids is 2. The summed E-state index contributed by atoms with van der Waals surface area (Å²) < 4.78 is 1.86. The maximum Gasteiger partial charge on any atom is 0.234 e. The number of nitrogens with zero attached hydrogens (tertiary/aromatic N) is 3. The molecule has 7 nitrogen and oxygen atoms in total. The number of aryl methyl sites for hydroxylation is 2. The van der Waals surface area contributed by atoms with Gasteiger partial charge in [0.15, 0.2) is 5.16 Å². The summed E-state index contributed by atoms with van der Waals surface area (Å²) in [7, 11) is 0. The summed E-state index contributed by atoms with van der Waals surface area (Å²) in [6.07, 6.45) is 0.116. The van der Waals surface area contributed by atoms with E-state index in [1.807, 2.05) is 73.9 Å². The Morgan fingerprint density at radius 1 is 0.900 bits per heavy atom. The third-order valence-electron chi connectivity index (χ3n) is 4.60. The molecule has 30 heavy (non-hydrogen) atoms. The van der Waals surface area contributed by atoms with Gasteiger partial charge < -0.3 is 15.2 Å². The van der Waals surface area contributed by atoms with Crippen LogP contribution in [0.1, 0.15) is 23.9 Å². The molecule has 0 unspecified atom stereocenters. The Bertz CT molecular complexity index is 1050. The molecule has 0 saturated heterocycles. The number of thioether (sulfide) groups is 1. The van der Waals surface area contributed by atoms with E-state index in [4.69, 9.17) is 0 Å². The van der Waals surface area contributed by atoms with Gasteiger partial charge in [-0.05, 0) is 44.0 Å². The molecule has 0 bridgehead atoms. The van der Waals surface area contributed by atoms with E-state index in [2.05, 4.69) is 20.8 Å². The van der Waals surface area contributed by atoms with Crippen molar-refractivity contribution in [2.75, 3.05) is 16.4 Å². The number of hydrogen-bond donors (Lipinski definition) is 2. The Kier molecular flexibility index (Phi) is 7.24. The molecule has 0 aliphatic carbocycles. The second-order valence-corrected chi connectivity index (χ2v) is 7.78. The minimum atomic E-state index is -0.153. The summed E-state index contributed by atoms with van der Waals surface area (Å²) in [5.74, 6) is 0.520. The zero-order valence-corrected chi connectivity index (χ0v) is 18.1. The number of para-hydroxylation sites is 2. The van der Waals surface area contributed by atoms with Crippen molar-refractivity contribution in [1.82, 2.24) is 14.8 Å². The topological polar surface area (TPSA) is 88.9 Å². The monoisotopic (exact) mass is 423 g/mol. The third kappa shape index (κ3) is 5.48. The Hall–Kier alpha value is -3.13. The first-order valence-corrected chi connectivity index (χ1v) is 10.7. The van der Waals surface area contributed by atoms with Crippen molar-refractivity contribution in [3.05, 3.63) is 65.5 Å². The quantitative estimate of drug-likeness (QED) is 0.538. The second kappa shape index (κ2) is 10.1. The first-order chi connectivity index (χ1) is 14.5. The zero-order chi connectivity index (χ0) is 21.5. The van der Waals surface area contributed by atoms with Crippen LogP contribution in [0.2, 0.25) is 0 Å². The normalized spacial score (nSPS) is 10.6. The fraction of sp³-hybridized carbons (Fsp3) is 0.273. The molecule has 2 amide bonds. The van der Waals surface area contributed by atoms with Crippen LogP contribution in [0.15, 0.2) is 53.7 Å². The maximum absolute atomic E-state index is 12.4. The molecule has 1 heterocycles. The van der Waals surface area contributed by atoms with Crippen molar-refractivity contribution in [1.29, 1.82) is 0 Å². The second-order valence-electron chi connectivity index (χ2n) is 6.83. The summed E-state index contributed by atoms with van der Waals surface area (Å²) in [6, 6.07) is 15.3. The summed E-state index contributed by atoms with van der Waals surface area (Å²) >= 11 is 1.30. The summed E-state index contributed by atoms with van der Waals surface area (Å²) in [4.78, 5) is 24.8. The molecule has 0 radical (unpaired) electrons. The molecule has 3 rings (SSSR count). The highest BCUT2D eigenvalue weighted by molar-refractivity contribution is 7.99. The predicted molar refractivity (Wildman–Crippen MR) is 120 cm³/mol. The Balaban J connectivity index is 1.60. The van der Waals surface area contributed by atoms with E-state index in [1.54, 1.807) is 0 Å². The van der Waals surface area contributed by atoms with Crippen molar-refractivity contribution in [3.63, 3.8) is 0 Å². The molecular formula is C22H25N5O2S. The fourth-order valence-electron chi connectivity index (χ4n) is 2.95. The Labute approximate surface area is 180 Å². The number of benzene rings is 2. The van der Waals surface area contributed by atoms with Crippen molar-refractivity contribution in [2.45, 2.75) is 38.9 Å². The van der Waals surface area contributed by atoms with Crippen LogP contribution < -0.4 is 10.6 Å². The van der Waals surface area contributed by atoms with Crippen molar-refractivity contribution in [2.24, 2.45) is 0 Å². The maximum atomic E-state index is 12.4. The van der Waals surface area contributed by atoms with Crippen LogP contribution in [0.4, 0.5) is 11.4 Å². The van der Waals surface area contributed by atoms with E-state index in [0.29, 0.717) is 17.5 Å². The van der Waals surface area contributed by atoms with Crippen LogP contribution in [0.3, 0.4) is 0 Å². The molecule has 0 aliphatic heterocycles. The molecule has 0 saturated carbocycles. The van der Waals surface area contributed by atoms with Crippen LogP contribution in [0.5, 0.6) is 0 Å². The average Bonchev–Trinajstić information content (AvgIpc) is 3.11. The van der Waals surface area contributed by atoms with Gasteiger partial charge in [0.2, 0.25) is 11.8 Å². The highest BCUT2D eigenvalue weighted by Gasteiger charge is 2.16. The minimum Gasteiger partial charge on any atom is -0.325 e. The van der Waals surface area contributed by atoms with Crippen molar-refractivity contribution in [3.8, 4) is 0 Å². The van der Waals surface area contributed by atoms with Gasteiger partial charge in [0.05, 0.1) is 12.2 Å². The molecule has 0 fully saturated rings. The number of amides is 2. The van der Waals surface area contributed by atoms with E-state index < -0.39 is 0 Å². The number of anilines is 2.